The van der Waals surface area contributed by atoms with Crippen LogP contribution in [0.1, 0.15) is 104 Å². The number of nitrogens with zero attached hydrogens (tertiary/aromatic N) is 5. The Bertz CT molecular complexity index is 2960. The van der Waals surface area contributed by atoms with E-state index in [1.807, 2.05) is 0 Å². The van der Waals surface area contributed by atoms with Crippen LogP contribution in [0.2, 0.25) is 0 Å². The Hall–Kier alpha value is -11.0. The van der Waals surface area contributed by atoms with Crippen molar-refractivity contribution in [3.05, 3.63) is 29.8 Å². The van der Waals surface area contributed by atoms with Crippen molar-refractivity contribution in [1.82, 2.24) is 58.5 Å². The first kappa shape index (κ1) is 84.0. The zero-order valence-corrected chi connectivity index (χ0v) is 55.1. The number of aliphatic carboxylic acids is 1. The number of amides is 11. The van der Waals surface area contributed by atoms with Crippen LogP contribution < -0.4 is 122 Å². The quantitative estimate of drug-likeness (QED) is 0.0164. The van der Waals surface area contributed by atoms with Gasteiger partial charge in [0.05, 0.1) is 6.04 Å². The lowest BCUT2D eigenvalue weighted by atomic mass is 10.1. The van der Waals surface area contributed by atoms with Gasteiger partial charge in [0.1, 0.15) is 72.7 Å². The van der Waals surface area contributed by atoms with Crippen molar-refractivity contribution in [2.45, 2.75) is 172 Å². The summed E-state index contributed by atoms with van der Waals surface area (Å²) >= 11 is 0. The zero-order valence-electron chi connectivity index (χ0n) is 55.1. The number of carbonyl (C=O) groups excluding carboxylic acids is 11. The van der Waals surface area contributed by atoms with E-state index < -0.39 is 144 Å². The summed E-state index contributed by atoms with van der Waals surface area (Å²) in [5.41, 5.74) is 61.3. The molecule has 41 heteroatoms. The van der Waals surface area contributed by atoms with Gasteiger partial charge in [0.25, 0.3) is 0 Å². The molecule has 1 rings (SSSR count). The Morgan fingerprint density at radius 2 is 0.577 bits per heavy atom. The van der Waals surface area contributed by atoms with Gasteiger partial charge in [0.2, 0.25) is 65.0 Å². The Morgan fingerprint density at radius 3 is 0.845 bits per heavy atom. The molecule has 0 spiro atoms. The highest BCUT2D eigenvalue weighted by atomic mass is 16.4. The second kappa shape index (κ2) is 44.5. The maximum absolute atomic E-state index is 14.2. The van der Waals surface area contributed by atoms with Gasteiger partial charge in [-0.2, -0.15) is 0 Å². The number of rotatable bonds is 45. The Labute approximate surface area is 559 Å². The molecule has 0 bridgehead atoms. The van der Waals surface area contributed by atoms with Crippen molar-refractivity contribution in [2.75, 3.05) is 39.3 Å². The van der Waals surface area contributed by atoms with E-state index in [4.69, 9.17) is 68.2 Å². The van der Waals surface area contributed by atoms with E-state index in [0.29, 0.717) is 5.56 Å². The van der Waals surface area contributed by atoms with Crippen molar-refractivity contribution in [1.29, 1.82) is 0 Å². The van der Waals surface area contributed by atoms with Gasteiger partial charge in [0, 0.05) is 32.7 Å². The van der Waals surface area contributed by atoms with Gasteiger partial charge in [-0.1, -0.05) is 12.1 Å². The van der Waals surface area contributed by atoms with Crippen LogP contribution in [-0.4, -0.2) is 217 Å². The molecule has 0 heterocycles. The fourth-order valence-electron chi connectivity index (χ4n) is 8.51. The van der Waals surface area contributed by atoms with Crippen LogP contribution in [0.15, 0.2) is 49.2 Å². The van der Waals surface area contributed by atoms with Crippen LogP contribution >= 0.6 is 0 Å². The summed E-state index contributed by atoms with van der Waals surface area (Å²) in [6, 6.07) is -8.83. The molecule has 97 heavy (non-hydrogen) atoms. The molecule has 0 aliphatic carbocycles. The van der Waals surface area contributed by atoms with E-state index in [2.05, 4.69) is 83.4 Å². The molecule has 35 N–H and O–H groups in total. The summed E-state index contributed by atoms with van der Waals surface area (Å²) in [7, 11) is 0. The van der Waals surface area contributed by atoms with Crippen LogP contribution in [0.4, 0.5) is 0 Å². The van der Waals surface area contributed by atoms with Gasteiger partial charge in [-0.25, -0.2) is 0 Å². The molecule has 0 saturated heterocycles. The van der Waals surface area contributed by atoms with Crippen LogP contribution in [0, 0.1) is 0 Å². The number of carboxylic acids is 1. The van der Waals surface area contributed by atoms with Crippen LogP contribution in [0.25, 0.3) is 0 Å². The van der Waals surface area contributed by atoms with E-state index in [-0.39, 0.29) is 139 Å². The highest BCUT2D eigenvalue weighted by Crippen LogP contribution is 2.12. The predicted octanol–water partition coefficient (Wildman–Crippen LogP) is -10.3. The molecule has 542 valence electrons. The summed E-state index contributed by atoms with van der Waals surface area (Å²) < 4.78 is 0. The minimum Gasteiger partial charge on any atom is -0.508 e. The number of nitrogens with two attached hydrogens (primary N) is 11. The zero-order chi connectivity index (χ0) is 73.5. The van der Waals surface area contributed by atoms with Crippen molar-refractivity contribution >= 4 is 101 Å². The lowest BCUT2D eigenvalue weighted by Gasteiger charge is -2.26. The van der Waals surface area contributed by atoms with Crippen LogP contribution in [-0.2, 0) is 64.0 Å². The number of phenolic OH excluding ortho intramolecular Hbond substituents is 1. The highest BCUT2D eigenvalue weighted by molar-refractivity contribution is 5.99. The van der Waals surface area contributed by atoms with Crippen molar-refractivity contribution < 1.29 is 67.7 Å². The molecule has 11 amide bonds. The predicted molar refractivity (Wildman–Crippen MR) is 358 cm³/mol. The van der Waals surface area contributed by atoms with Gasteiger partial charge in [-0.3, -0.25) is 82.5 Å². The highest BCUT2D eigenvalue weighted by Gasteiger charge is 2.34. The Morgan fingerprint density at radius 1 is 0.351 bits per heavy atom. The molecule has 1 aromatic carbocycles. The lowest BCUT2D eigenvalue weighted by Crippen LogP contribution is -2.59. The van der Waals surface area contributed by atoms with Crippen LogP contribution in [0.5, 0.6) is 5.75 Å². The average molecular weight is 1370 g/mol. The lowest BCUT2D eigenvalue weighted by molar-refractivity contribution is -0.138. The topological polar surface area (TPSA) is 726 Å². The van der Waals surface area contributed by atoms with Crippen molar-refractivity contribution in [3.63, 3.8) is 0 Å². The van der Waals surface area contributed by atoms with Crippen molar-refractivity contribution in [3.8, 4) is 5.75 Å². The molecule has 0 aliphatic rings. The third-order valence-electron chi connectivity index (χ3n) is 13.8. The Kier molecular flexibility index (Phi) is 38.6. The first-order valence-corrected chi connectivity index (χ1v) is 30.8. The normalized spacial score (nSPS) is 14.1. The fourth-order valence-corrected chi connectivity index (χ4v) is 8.51. The standard InChI is InChI=1S/C56H99N27O14/c1-27(77-48(94)36(12-7-21-69-53(60)61)79-45(91)31(5)76-46(92)34(57)25-32-16-18-33(84)19-17-32)41(87)74-30(4)44(90)81-39(15-10-24-72-56(66)67)51(97)83-37(13-8-22-70-54(62)63)49(95)78-28(2)42(88)75-29(3)43(89)80-38(14-9-23-71-55(64)65)50(96)82-35(11-6-20-68-52(58)59)47(93)73-26-40(85)86/h16-19,27-31,34-39,84H,6-15,20-26,57H2,1-5H3,(H,73,93)(H,74,87)(H,75,88)(H,76,92)(H,77,94)(H,78,95)(H,79,91)(H,80,89)(H,81,90)(H,82,96)(H,83,97)(H,85,86)(H4,58,59,68)(H4,60,61,69)(H4,62,63,70)(H4,64,65,71)(H4,66,67,72)/t27-,28-,29-,30-,31-,34-,35-,36-,37-,38-,39-/m0/s1. The number of carbonyl (C=O) groups is 12. The van der Waals surface area contributed by atoms with Gasteiger partial charge >= 0.3 is 5.97 Å². The number of hydrogen-bond acceptors (Lipinski definition) is 19. The molecule has 0 aromatic heterocycles. The van der Waals surface area contributed by atoms with Crippen LogP contribution in [0.3, 0.4) is 0 Å². The summed E-state index contributed by atoms with van der Waals surface area (Å²) in [5.74, 6) is -12.2. The number of hydrogen-bond donors (Lipinski definition) is 24. The molecular formula is C56H99N27O14. The third-order valence-corrected chi connectivity index (χ3v) is 13.8. The fraction of sp³-hybridized carbons (Fsp3) is 0.589. The molecule has 0 saturated carbocycles. The second-order valence-electron chi connectivity index (χ2n) is 22.3. The molecule has 0 unspecified atom stereocenters. The minimum atomic E-state index is -1.46. The first-order valence-electron chi connectivity index (χ1n) is 30.8. The average Bonchev–Trinajstić information content (AvgIpc) is 0.954. The number of aromatic hydroxyl groups is 1. The van der Waals surface area contributed by atoms with E-state index >= 15 is 0 Å². The Balaban J connectivity index is 3.34. The maximum atomic E-state index is 14.2. The summed E-state index contributed by atoms with van der Waals surface area (Å²) in [5, 5.41) is 45.9. The van der Waals surface area contributed by atoms with Gasteiger partial charge in [-0.05, 0) is 123 Å². The molecule has 11 atom stereocenters. The van der Waals surface area contributed by atoms with E-state index in [0.717, 1.165) is 0 Å². The number of nitrogens with one attached hydrogen (secondary N) is 11. The SMILES string of the molecule is C[C@H](NC(=O)[C@H](C)NC(=O)[C@H](CCCN=C(N)N)NC(=O)[C@H](CCCN=C(N)N)NC(=O)[C@H](C)NC(=O)[C@H](C)NC(=O)[C@H](CCCN=C(N)N)NC(=O)[C@H](C)NC(=O)[C@@H](N)Cc1ccc(O)cc1)C(=O)N[C@@H](CCCN=C(N)N)C(=O)N[C@@H](CCCN=C(N)N)C(=O)NCC(=O)O. The molecule has 41 nitrogen and oxygen atoms in total. The molecular weight excluding hydrogens is 1270 g/mol. The monoisotopic (exact) mass is 1370 g/mol. The first-order chi connectivity index (χ1) is 45.5. The molecule has 0 aliphatic heterocycles. The number of benzene rings is 1. The maximum Gasteiger partial charge on any atom is 0.322 e. The second-order valence-corrected chi connectivity index (χ2v) is 22.3. The summed E-state index contributed by atoms with van der Waals surface area (Å²) in [6.45, 7) is 5.70. The number of guanidine groups is 5. The largest absolute Gasteiger partial charge is 0.508 e. The number of aliphatic imine (C=N–C) groups is 5. The third kappa shape index (κ3) is 36.3. The van der Waals surface area contributed by atoms with Gasteiger partial charge < -0.3 is 132 Å². The van der Waals surface area contributed by atoms with Gasteiger partial charge in [0.15, 0.2) is 29.8 Å². The minimum absolute atomic E-state index is 0.00921. The van der Waals surface area contributed by atoms with Gasteiger partial charge in [-0.15, -0.1) is 0 Å². The van der Waals surface area contributed by atoms with E-state index in [9.17, 15) is 62.6 Å². The number of carboxylic acid groups (broad SMARTS) is 1. The van der Waals surface area contributed by atoms with E-state index in [1.165, 1.54) is 46.8 Å². The molecule has 0 radical (unpaired) electrons. The van der Waals surface area contributed by atoms with Crippen molar-refractivity contribution in [2.24, 2.45) is 88.0 Å². The smallest absolute Gasteiger partial charge is 0.322 e. The summed E-state index contributed by atoms with van der Waals surface area (Å²) in [6.07, 6.45) is 0.0879. The molecule has 1 aromatic rings. The summed E-state index contributed by atoms with van der Waals surface area (Å²) in [4.78, 5) is 180. The number of phenols is 1. The molecule has 0 fully saturated rings. The van der Waals surface area contributed by atoms with E-state index in [1.54, 1.807) is 12.1 Å².